The van der Waals surface area contributed by atoms with Crippen molar-refractivity contribution in [3.8, 4) is 5.75 Å². The average Bonchev–Trinajstić information content (AvgIpc) is 2.47. The second-order valence-electron chi connectivity index (χ2n) is 6.18. The van der Waals surface area contributed by atoms with Crippen LogP contribution in [0.25, 0.3) is 0 Å². The van der Waals surface area contributed by atoms with Gasteiger partial charge >= 0.3 is 5.97 Å². The van der Waals surface area contributed by atoms with Crippen LogP contribution in [-0.4, -0.2) is 16.7 Å². The van der Waals surface area contributed by atoms with Gasteiger partial charge < -0.3 is 15.2 Å². The molecule has 2 N–H and O–H groups in total. The van der Waals surface area contributed by atoms with Crippen molar-refractivity contribution in [3.63, 3.8) is 0 Å². The van der Waals surface area contributed by atoms with E-state index in [1.807, 2.05) is 45.0 Å². The van der Waals surface area contributed by atoms with Gasteiger partial charge in [0.15, 0.2) is 0 Å². The van der Waals surface area contributed by atoms with Crippen molar-refractivity contribution in [3.05, 3.63) is 58.1 Å². The van der Waals surface area contributed by atoms with Crippen LogP contribution in [0.3, 0.4) is 0 Å². The number of phenols is 1. The Kier molecular flexibility index (Phi) is 5.31. The van der Waals surface area contributed by atoms with E-state index < -0.39 is 5.60 Å². The van der Waals surface area contributed by atoms with Crippen LogP contribution in [0.4, 0.5) is 5.69 Å². The quantitative estimate of drug-likeness (QED) is 0.756. The van der Waals surface area contributed by atoms with Crippen LogP contribution >= 0.6 is 15.9 Å². The molecule has 2 rings (SSSR count). The minimum absolute atomic E-state index is 0.227. The van der Waals surface area contributed by atoms with Crippen molar-refractivity contribution in [1.82, 2.24) is 0 Å². The third-order valence-corrected chi connectivity index (χ3v) is 3.71. The standard InChI is InChI=1S/C18H20BrNO3/c1-18(2,3)23-17(22)12-7-9-14(10-8-12)20-11-13-5-4-6-15(19)16(13)21/h4-10,20-21H,11H2,1-3H3. The maximum absolute atomic E-state index is 12.0. The highest BCUT2D eigenvalue weighted by molar-refractivity contribution is 9.10. The molecule has 122 valence electrons. The average molecular weight is 378 g/mol. The summed E-state index contributed by atoms with van der Waals surface area (Å²) in [6.07, 6.45) is 0. The summed E-state index contributed by atoms with van der Waals surface area (Å²) in [5, 5.41) is 13.2. The molecule has 23 heavy (non-hydrogen) atoms. The van der Waals surface area contributed by atoms with Gasteiger partial charge in [-0.3, -0.25) is 0 Å². The first-order chi connectivity index (χ1) is 10.8. The molecule has 0 fully saturated rings. The number of hydrogen-bond acceptors (Lipinski definition) is 4. The number of carbonyl (C=O) groups excluding carboxylic acids is 1. The smallest absolute Gasteiger partial charge is 0.338 e. The van der Waals surface area contributed by atoms with Gasteiger partial charge in [-0.25, -0.2) is 4.79 Å². The minimum atomic E-state index is -0.508. The predicted octanol–water partition coefficient (Wildman–Crippen LogP) is 4.72. The largest absolute Gasteiger partial charge is 0.506 e. The van der Waals surface area contributed by atoms with Crippen LogP contribution in [0.2, 0.25) is 0 Å². The lowest BCUT2D eigenvalue weighted by atomic mass is 10.1. The Labute approximate surface area is 144 Å². The summed E-state index contributed by atoms with van der Waals surface area (Å²) in [6.45, 7) is 6.00. The molecule has 0 heterocycles. The molecule has 0 aliphatic carbocycles. The second kappa shape index (κ2) is 7.04. The molecule has 0 aromatic heterocycles. The van der Waals surface area contributed by atoms with Gasteiger partial charge in [-0.05, 0) is 67.0 Å². The second-order valence-corrected chi connectivity index (χ2v) is 7.03. The van der Waals surface area contributed by atoms with E-state index in [0.29, 0.717) is 16.6 Å². The Morgan fingerprint density at radius 3 is 2.43 bits per heavy atom. The lowest BCUT2D eigenvalue weighted by Crippen LogP contribution is -2.23. The highest BCUT2D eigenvalue weighted by Crippen LogP contribution is 2.28. The first-order valence-corrected chi connectivity index (χ1v) is 8.09. The molecule has 0 unspecified atom stereocenters. The molecule has 0 saturated carbocycles. The van der Waals surface area contributed by atoms with Crippen LogP contribution in [0.5, 0.6) is 5.75 Å². The molecular formula is C18H20BrNO3. The van der Waals surface area contributed by atoms with Crippen LogP contribution in [0, 0.1) is 0 Å². The maximum atomic E-state index is 12.0. The van der Waals surface area contributed by atoms with E-state index in [1.54, 1.807) is 18.2 Å². The van der Waals surface area contributed by atoms with E-state index in [9.17, 15) is 9.90 Å². The third kappa shape index (κ3) is 4.99. The van der Waals surface area contributed by atoms with E-state index >= 15 is 0 Å². The number of halogens is 1. The van der Waals surface area contributed by atoms with Crippen LogP contribution in [-0.2, 0) is 11.3 Å². The molecule has 5 heteroatoms. The summed E-state index contributed by atoms with van der Waals surface area (Å²) >= 11 is 3.29. The van der Waals surface area contributed by atoms with E-state index in [4.69, 9.17) is 4.74 Å². The maximum Gasteiger partial charge on any atom is 0.338 e. The summed E-state index contributed by atoms with van der Waals surface area (Å²) < 4.78 is 5.99. The first kappa shape index (κ1) is 17.3. The molecule has 4 nitrogen and oxygen atoms in total. The fraction of sp³-hybridized carbons (Fsp3) is 0.278. The van der Waals surface area contributed by atoms with Crippen molar-refractivity contribution in [1.29, 1.82) is 0 Å². The van der Waals surface area contributed by atoms with Gasteiger partial charge in [0.05, 0.1) is 10.0 Å². The SMILES string of the molecule is CC(C)(C)OC(=O)c1ccc(NCc2cccc(Br)c2O)cc1. The van der Waals surface area contributed by atoms with Crippen molar-refractivity contribution < 1.29 is 14.6 Å². The number of esters is 1. The monoisotopic (exact) mass is 377 g/mol. The fourth-order valence-electron chi connectivity index (χ4n) is 1.96. The molecule has 0 atom stereocenters. The van der Waals surface area contributed by atoms with Gasteiger partial charge in [0, 0.05) is 17.8 Å². The zero-order valence-corrected chi connectivity index (χ0v) is 15.0. The van der Waals surface area contributed by atoms with Gasteiger partial charge in [-0.15, -0.1) is 0 Å². The highest BCUT2D eigenvalue weighted by atomic mass is 79.9. The number of rotatable bonds is 4. The van der Waals surface area contributed by atoms with Crippen molar-refractivity contribution in [2.24, 2.45) is 0 Å². The Morgan fingerprint density at radius 2 is 1.83 bits per heavy atom. The number of nitrogens with one attached hydrogen (secondary N) is 1. The van der Waals surface area contributed by atoms with Crippen molar-refractivity contribution >= 4 is 27.6 Å². The number of anilines is 1. The van der Waals surface area contributed by atoms with E-state index in [-0.39, 0.29) is 11.7 Å². The van der Waals surface area contributed by atoms with Crippen LogP contribution in [0.15, 0.2) is 46.9 Å². The number of ether oxygens (including phenoxy) is 1. The number of carbonyl (C=O) groups is 1. The Bertz CT molecular complexity index is 690. The molecule has 0 bridgehead atoms. The number of para-hydroxylation sites is 1. The highest BCUT2D eigenvalue weighted by Gasteiger charge is 2.17. The summed E-state index contributed by atoms with van der Waals surface area (Å²) in [4.78, 5) is 12.0. The lowest BCUT2D eigenvalue weighted by Gasteiger charge is -2.19. The van der Waals surface area contributed by atoms with Crippen molar-refractivity contribution in [2.45, 2.75) is 32.9 Å². The summed E-state index contributed by atoms with van der Waals surface area (Å²) in [7, 11) is 0. The molecule has 0 aliphatic heterocycles. The Balaban J connectivity index is 2.00. The zero-order chi connectivity index (χ0) is 17.0. The molecule has 0 radical (unpaired) electrons. The Hall–Kier alpha value is -2.01. The normalized spacial score (nSPS) is 11.1. The van der Waals surface area contributed by atoms with Crippen LogP contribution < -0.4 is 5.32 Å². The summed E-state index contributed by atoms with van der Waals surface area (Å²) in [6, 6.07) is 12.6. The van der Waals surface area contributed by atoms with Gasteiger partial charge in [-0.2, -0.15) is 0 Å². The number of hydrogen-bond donors (Lipinski definition) is 2. The Morgan fingerprint density at radius 1 is 1.17 bits per heavy atom. The van der Waals surface area contributed by atoms with Crippen LogP contribution in [0.1, 0.15) is 36.7 Å². The predicted molar refractivity (Wildman–Crippen MR) is 94.7 cm³/mol. The summed E-state index contributed by atoms with van der Waals surface area (Å²) in [5.41, 5.74) is 1.65. The van der Waals surface area contributed by atoms with E-state index in [2.05, 4.69) is 21.2 Å². The van der Waals surface area contributed by atoms with E-state index in [0.717, 1.165) is 11.3 Å². The topological polar surface area (TPSA) is 58.6 Å². The number of aromatic hydroxyl groups is 1. The van der Waals surface area contributed by atoms with Gasteiger partial charge in [0.25, 0.3) is 0 Å². The fourth-order valence-corrected chi connectivity index (χ4v) is 2.37. The minimum Gasteiger partial charge on any atom is -0.506 e. The zero-order valence-electron chi connectivity index (χ0n) is 13.4. The van der Waals surface area contributed by atoms with Gasteiger partial charge in [-0.1, -0.05) is 12.1 Å². The molecule has 0 amide bonds. The first-order valence-electron chi connectivity index (χ1n) is 7.30. The molecule has 2 aromatic rings. The number of phenolic OH excluding ortho intramolecular Hbond substituents is 1. The third-order valence-electron chi connectivity index (χ3n) is 3.07. The summed E-state index contributed by atoms with van der Waals surface area (Å²) in [5.74, 6) is -0.112. The molecule has 0 saturated heterocycles. The molecule has 0 aliphatic rings. The van der Waals surface area contributed by atoms with Gasteiger partial charge in [0.2, 0.25) is 0 Å². The number of benzene rings is 2. The molecular weight excluding hydrogens is 358 g/mol. The molecule has 0 spiro atoms. The van der Waals surface area contributed by atoms with Gasteiger partial charge in [0.1, 0.15) is 11.4 Å². The van der Waals surface area contributed by atoms with E-state index in [1.165, 1.54) is 0 Å². The van der Waals surface area contributed by atoms with Crippen molar-refractivity contribution in [2.75, 3.05) is 5.32 Å². The lowest BCUT2D eigenvalue weighted by molar-refractivity contribution is 0.00696. The molecule has 2 aromatic carbocycles.